The molecule has 1 aromatic carbocycles. The van der Waals surface area contributed by atoms with Crippen molar-refractivity contribution in [1.29, 1.82) is 0 Å². The average molecular weight is 371 g/mol. The molecule has 0 atom stereocenters. The first-order valence-electron chi connectivity index (χ1n) is 9.64. The monoisotopic (exact) mass is 371 g/mol. The van der Waals surface area contributed by atoms with Crippen LogP contribution in [0.1, 0.15) is 47.6 Å². The molecule has 1 aliphatic heterocycles. The summed E-state index contributed by atoms with van der Waals surface area (Å²) in [5.74, 6) is 1.53. The molecule has 3 rings (SSSR count). The molecule has 1 aliphatic rings. The molecule has 6 heteroatoms. The Morgan fingerprint density at radius 2 is 1.89 bits per heavy atom. The van der Waals surface area contributed by atoms with Gasteiger partial charge in [-0.05, 0) is 51.8 Å². The van der Waals surface area contributed by atoms with E-state index in [2.05, 4.69) is 22.2 Å². The highest BCUT2D eigenvalue weighted by Crippen LogP contribution is 2.18. The number of hydrogen-bond acceptors (Lipinski definition) is 5. The van der Waals surface area contributed by atoms with E-state index in [0.717, 1.165) is 44.9 Å². The number of nitrogens with zero attached hydrogens (tertiary/aromatic N) is 3. The number of aromatic nitrogens is 1. The van der Waals surface area contributed by atoms with Crippen molar-refractivity contribution < 1.29 is 14.1 Å². The lowest BCUT2D eigenvalue weighted by Crippen LogP contribution is -2.35. The zero-order valence-corrected chi connectivity index (χ0v) is 16.7. The Morgan fingerprint density at radius 3 is 2.52 bits per heavy atom. The molecule has 1 amide bonds. The topological polar surface area (TPSA) is 58.8 Å². The van der Waals surface area contributed by atoms with Crippen LogP contribution in [0.15, 0.2) is 28.8 Å². The van der Waals surface area contributed by atoms with Crippen molar-refractivity contribution in [2.75, 3.05) is 26.2 Å². The van der Waals surface area contributed by atoms with E-state index in [1.165, 1.54) is 5.56 Å². The first-order valence-corrected chi connectivity index (χ1v) is 9.64. The minimum Gasteiger partial charge on any atom is -0.491 e. The van der Waals surface area contributed by atoms with Gasteiger partial charge >= 0.3 is 0 Å². The summed E-state index contributed by atoms with van der Waals surface area (Å²) in [6.45, 7) is 11.9. The number of amides is 1. The second-order valence-corrected chi connectivity index (χ2v) is 7.43. The molecule has 1 saturated heterocycles. The van der Waals surface area contributed by atoms with Crippen molar-refractivity contribution >= 4 is 5.91 Å². The summed E-state index contributed by atoms with van der Waals surface area (Å²) in [6.07, 6.45) is 1.14. The maximum absolute atomic E-state index is 12.8. The van der Waals surface area contributed by atoms with Crippen molar-refractivity contribution in [2.45, 2.75) is 46.8 Å². The van der Waals surface area contributed by atoms with E-state index in [1.54, 1.807) is 6.92 Å². The maximum Gasteiger partial charge on any atom is 0.259 e. The Balaban J connectivity index is 1.57. The van der Waals surface area contributed by atoms with Gasteiger partial charge in [0.15, 0.2) is 0 Å². The van der Waals surface area contributed by atoms with Gasteiger partial charge in [0.25, 0.3) is 5.91 Å². The van der Waals surface area contributed by atoms with Gasteiger partial charge in [-0.15, -0.1) is 0 Å². The molecule has 27 heavy (non-hydrogen) atoms. The summed E-state index contributed by atoms with van der Waals surface area (Å²) in [4.78, 5) is 17.2. The molecule has 1 aromatic heterocycles. The van der Waals surface area contributed by atoms with Gasteiger partial charge in [-0.2, -0.15) is 0 Å². The largest absolute Gasteiger partial charge is 0.491 e. The number of carbonyl (C=O) groups excluding carboxylic acids is 1. The molecule has 0 bridgehead atoms. The number of rotatable bonds is 5. The smallest absolute Gasteiger partial charge is 0.259 e. The van der Waals surface area contributed by atoms with Gasteiger partial charge in [-0.25, -0.2) is 0 Å². The van der Waals surface area contributed by atoms with E-state index < -0.39 is 0 Å². The molecule has 0 unspecified atom stereocenters. The van der Waals surface area contributed by atoms with Crippen LogP contribution in [0.25, 0.3) is 0 Å². The predicted octanol–water partition coefficient (Wildman–Crippen LogP) is 3.43. The highest BCUT2D eigenvalue weighted by molar-refractivity contribution is 5.96. The van der Waals surface area contributed by atoms with E-state index >= 15 is 0 Å². The van der Waals surface area contributed by atoms with Gasteiger partial charge in [0, 0.05) is 32.7 Å². The fourth-order valence-electron chi connectivity index (χ4n) is 3.48. The average Bonchev–Trinajstić information content (AvgIpc) is 2.82. The molecular weight excluding hydrogens is 342 g/mol. The Kier molecular flexibility index (Phi) is 6.16. The molecule has 0 aliphatic carbocycles. The number of hydrogen-bond donors (Lipinski definition) is 0. The van der Waals surface area contributed by atoms with Gasteiger partial charge < -0.3 is 14.2 Å². The third kappa shape index (κ3) is 4.89. The van der Waals surface area contributed by atoms with Crippen molar-refractivity contribution in [2.24, 2.45) is 0 Å². The van der Waals surface area contributed by atoms with Crippen LogP contribution in [-0.2, 0) is 6.54 Å². The molecule has 0 radical (unpaired) electrons. The molecule has 2 heterocycles. The molecular formula is C21H29N3O3. The summed E-state index contributed by atoms with van der Waals surface area (Å²) >= 11 is 0. The Hall–Kier alpha value is -2.34. The second kappa shape index (κ2) is 8.57. The van der Waals surface area contributed by atoms with Gasteiger partial charge in [0.2, 0.25) is 0 Å². The molecule has 0 N–H and O–H groups in total. The summed E-state index contributed by atoms with van der Waals surface area (Å²) < 4.78 is 10.9. The first-order chi connectivity index (χ1) is 12.9. The number of benzene rings is 1. The fourth-order valence-corrected chi connectivity index (χ4v) is 3.48. The Morgan fingerprint density at radius 1 is 1.15 bits per heavy atom. The maximum atomic E-state index is 12.8. The standard InChI is InChI=1S/C21H29N3O3/c1-15(2)26-19-8-6-18(7-9-19)14-23-10-5-11-24(13-12-23)21(25)20-16(3)22-27-17(20)4/h6-9,15H,5,10-14H2,1-4H3. The molecule has 1 fully saturated rings. The van der Waals surface area contributed by atoms with Crippen LogP contribution in [0.5, 0.6) is 5.75 Å². The van der Waals surface area contributed by atoms with Crippen molar-refractivity contribution in [3.63, 3.8) is 0 Å². The zero-order valence-electron chi connectivity index (χ0n) is 16.7. The third-order valence-corrected chi connectivity index (χ3v) is 4.82. The fraction of sp³-hybridized carbons (Fsp3) is 0.524. The van der Waals surface area contributed by atoms with E-state index in [-0.39, 0.29) is 12.0 Å². The molecule has 0 spiro atoms. The second-order valence-electron chi connectivity index (χ2n) is 7.43. The van der Waals surface area contributed by atoms with E-state index in [4.69, 9.17) is 9.26 Å². The lowest BCUT2D eigenvalue weighted by molar-refractivity contribution is 0.0758. The van der Waals surface area contributed by atoms with Crippen molar-refractivity contribution in [3.05, 3.63) is 46.8 Å². The van der Waals surface area contributed by atoms with Gasteiger partial charge in [-0.1, -0.05) is 17.3 Å². The van der Waals surface area contributed by atoms with Crippen LogP contribution < -0.4 is 4.74 Å². The molecule has 146 valence electrons. The van der Waals surface area contributed by atoms with Crippen LogP contribution in [0, 0.1) is 13.8 Å². The van der Waals surface area contributed by atoms with Crippen LogP contribution in [0.3, 0.4) is 0 Å². The highest BCUT2D eigenvalue weighted by atomic mass is 16.5. The van der Waals surface area contributed by atoms with Crippen molar-refractivity contribution in [3.8, 4) is 5.75 Å². The van der Waals surface area contributed by atoms with Crippen LogP contribution in [-0.4, -0.2) is 53.1 Å². The number of aryl methyl sites for hydroxylation is 2. The first kappa shape index (κ1) is 19.4. The van der Waals surface area contributed by atoms with E-state index in [1.807, 2.05) is 37.8 Å². The summed E-state index contributed by atoms with van der Waals surface area (Å²) in [5.41, 5.74) is 2.54. The normalized spacial score (nSPS) is 15.8. The van der Waals surface area contributed by atoms with Gasteiger partial charge in [-0.3, -0.25) is 9.69 Å². The summed E-state index contributed by atoms with van der Waals surface area (Å²) in [7, 11) is 0. The number of ether oxygens (including phenoxy) is 1. The summed E-state index contributed by atoms with van der Waals surface area (Å²) in [5, 5.41) is 3.91. The lowest BCUT2D eigenvalue weighted by atomic mass is 10.1. The van der Waals surface area contributed by atoms with Crippen LogP contribution in [0.4, 0.5) is 0 Å². The van der Waals surface area contributed by atoms with Crippen LogP contribution in [0.2, 0.25) is 0 Å². The minimum absolute atomic E-state index is 0.0308. The zero-order chi connectivity index (χ0) is 19.4. The summed E-state index contributed by atoms with van der Waals surface area (Å²) in [6, 6.07) is 8.30. The molecule has 2 aromatic rings. The van der Waals surface area contributed by atoms with Gasteiger partial charge in [0.1, 0.15) is 17.1 Å². The predicted molar refractivity (Wildman–Crippen MR) is 104 cm³/mol. The molecule has 0 saturated carbocycles. The third-order valence-electron chi connectivity index (χ3n) is 4.82. The quantitative estimate of drug-likeness (QED) is 0.806. The van der Waals surface area contributed by atoms with Gasteiger partial charge in [0.05, 0.1) is 11.8 Å². The van der Waals surface area contributed by atoms with E-state index in [9.17, 15) is 4.79 Å². The minimum atomic E-state index is 0.0308. The van der Waals surface area contributed by atoms with Crippen molar-refractivity contribution in [1.82, 2.24) is 15.0 Å². The molecule has 6 nitrogen and oxygen atoms in total. The van der Waals surface area contributed by atoms with Crippen LogP contribution >= 0.6 is 0 Å². The lowest BCUT2D eigenvalue weighted by Gasteiger charge is -2.22. The SMILES string of the molecule is Cc1noc(C)c1C(=O)N1CCCN(Cc2ccc(OC(C)C)cc2)CC1. The number of carbonyl (C=O) groups is 1. The highest BCUT2D eigenvalue weighted by Gasteiger charge is 2.25. The Bertz CT molecular complexity index is 748. The van der Waals surface area contributed by atoms with E-state index in [0.29, 0.717) is 17.0 Å². The Labute approximate surface area is 161 Å².